The zero-order valence-electron chi connectivity index (χ0n) is 16.7. The van der Waals surface area contributed by atoms with Gasteiger partial charge in [0.1, 0.15) is 6.29 Å². The van der Waals surface area contributed by atoms with Gasteiger partial charge in [-0.2, -0.15) is 0 Å². The lowest BCUT2D eigenvalue weighted by Gasteiger charge is -2.57. The molecule has 0 saturated heterocycles. The lowest BCUT2D eigenvalue weighted by atomic mass is 9.50. The molecule has 1 fully saturated rings. The molecular formula is C23H27Cl3N2O. The van der Waals surface area contributed by atoms with E-state index in [0.29, 0.717) is 27.9 Å². The fourth-order valence-electron chi connectivity index (χ4n) is 4.99. The number of allylic oxidation sites excluding steroid dienone is 5. The van der Waals surface area contributed by atoms with Gasteiger partial charge in [0.2, 0.25) is 0 Å². The maximum Gasteiger partial charge on any atom is 0.127 e. The van der Waals surface area contributed by atoms with Gasteiger partial charge >= 0.3 is 0 Å². The number of aldehydes is 1. The van der Waals surface area contributed by atoms with Crippen LogP contribution in [-0.2, 0) is 4.79 Å². The number of carbonyl (C=O) groups excluding carboxylic acids is 1. The van der Waals surface area contributed by atoms with E-state index in [1.807, 2.05) is 44.2 Å². The molecule has 2 aliphatic carbocycles. The molecule has 1 saturated carbocycles. The van der Waals surface area contributed by atoms with Gasteiger partial charge in [0.05, 0.1) is 5.54 Å². The Kier molecular flexibility index (Phi) is 6.67. The van der Waals surface area contributed by atoms with Crippen LogP contribution < -0.4 is 11.5 Å². The molecule has 3 nitrogen and oxygen atoms in total. The number of nitrogens with two attached hydrogens (primary N) is 2. The molecule has 0 aliphatic heterocycles. The first-order chi connectivity index (χ1) is 13.6. The number of hydrogen-bond donors (Lipinski definition) is 2. The van der Waals surface area contributed by atoms with Crippen LogP contribution in [0.1, 0.15) is 44.6 Å². The van der Waals surface area contributed by atoms with Crippen LogP contribution in [0.25, 0.3) is 0 Å². The van der Waals surface area contributed by atoms with Crippen molar-refractivity contribution in [3.8, 4) is 0 Å². The third-order valence-electron chi connectivity index (χ3n) is 6.72. The molecule has 3 rings (SSSR count). The third kappa shape index (κ3) is 3.96. The molecule has 2 aliphatic rings. The highest BCUT2D eigenvalue weighted by molar-refractivity contribution is 6.35. The van der Waals surface area contributed by atoms with Crippen LogP contribution in [0.3, 0.4) is 0 Å². The topological polar surface area (TPSA) is 69.1 Å². The molecule has 4 N–H and O–H groups in total. The monoisotopic (exact) mass is 452 g/mol. The first-order valence-electron chi connectivity index (χ1n) is 9.83. The Hall–Kier alpha value is -1.10. The Balaban J connectivity index is 2.22. The van der Waals surface area contributed by atoms with E-state index in [2.05, 4.69) is 6.08 Å². The molecule has 29 heavy (non-hydrogen) atoms. The molecule has 0 aromatic heterocycles. The van der Waals surface area contributed by atoms with E-state index >= 15 is 0 Å². The number of rotatable bonds is 4. The molecule has 5 unspecified atom stereocenters. The number of halogens is 3. The second-order valence-corrected chi connectivity index (χ2v) is 9.69. The van der Waals surface area contributed by atoms with Crippen LogP contribution in [0.2, 0.25) is 10.0 Å². The quantitative estimate of drug-likeness (QED) is 0.571. The van der Waals surface area contributed by atoms with Gasteiger partial charge in [0, 0.05) is 32.5 Å². The van der Waals surface area contributed by atoms with E-state index in [4.69, 9.17) is 46.3 Å². The summed E-state index contributed by atoms with van der Waals surface area (Å²) in [5, 5.41) is 1.86. The minimum atomic E-state index is -0.965. The summed E-state index contributed by atoms with van der Waals surface area (Å²) in [6.07, 6.45) is 11.0. The molecule has 6 heteroatoms. The Bertz CT molecular complexity index is 892. The van der Waals surface area contributed by atoms with Crippen LogP contribution in [0, 0.1) is 11.3 Å². The summed E-state index contributed by atoms with van der Waals surface area (Å²) in [5.41, 5.74) is 13.9. The average molecular weight is 454 g/mol. The van der Waals surface area contributed by atoms with Crippen molar-refractivity contribution in [2.75, 3.05) is 0 Å². The molecule has 1 aromatic rings. The van der Waals surface area contributed by atoms with E-state index < -0.39 is 17.0 Å². The van der Waals surface area contributed by atoms with Crippen LogP contribution in [0.4, 0.5) is 0 Å². The van der Waals surface area contributed by atoms with Crippen molar-refractivity contribution in [1.29, 1.82) is 0 Å². The van der Waals surface area contributed by atoms with Gasteiger partial charge in [-0.3, -0.25) is 0 Å². The summed E-state index contributed by atoms with van der Waals surface area (Å²) >= 11 is 19.0. The molecule has 1 aromatic carbocycles. The Labute approximate surface area is 187 Å². The number of hydrogen-bond acceptors (Lipinski definition) is 3. The zero-order chi connectivity index (χ0) is 21.4. The third-order valence-corrected chi connectivity index (χ3v) is 7.56. The van der Waals surface area contributed by atoms with Crippen LogP contribution in [0.5, 0.6) is 0 Å². The van der Waals surface area contributed by atoms with E-state index in [-0.39, 0.29) is 11.8 Å². The van der Waals surface area contributed by atoms with E-state index in [9.17, 15) is 4.79 Å². The summed E-state index contributed by atoms with van der Waals surface area (Å²) in [6.45, 7) is 3.80. The van der Waals surface area contributed by atoms with Crippen molar-refractivity contribution in [3.05, 3.63) is 68.7 Å². The highest BCUT2D eigenvalue weighted by Gasteiger charge is 2.58. The van der Waals surface area contributed by atoms with Crippen molar-refractivity contribution < 1.29 is 4.79 Å². The normalized spacial score (nSPS) is 33.5. The van der Waals surface area contributed by atoms with Gasteiger partial charge in [0.25, 0.3) is 0 Å². The van der Waals surface area contributed by atoms with E-state index in [1.54, 1.807) is 6.07 Å². The molecule has 0 spiro atoms. The first-order valence-corrected chi connectivity index (χ1v) is 11.0. The molecule has 0 heterocycles. The standard InChI is InChI=1S/C23H27Cl3N2O/c1-14(27)23(28)21(15-4-3-5-16(24)7-6-15)19(10-11-22(23,2)13-29)18-9-8-17(25)12-20(18)26/h4-9,12-14,19,21H,3,10-11,27-28H2,1-2H3. The minimum absolute atomic E-state index is 0.00318. The SMILES string of the molecule is CC(N)C1(N)C(C2=CCC=C(Cl)C=C2)C(c2ccc(Cl)cc2Cl)CCC1(C)C=O. The van der Waals surface area contributed by atoms with Crippen LogP contribution in [-0.4, -0.2) is 17.9 Å². The summed E-state index contributed by atoms with van der Waals surface area (Å²) in [5.74, 6) is -0.214. The molecule has 0 bridgehead atoms. The fourth-order valence-corrected chi connectivity index (χ4v) is 5.69. The van der Waals surface area contributed by atoms with Gasteiger partial charge in [0.15, 0.2) is 0 Å². The van der Waals surface area contributed by atoms with Crippen molar-refractivity contribution in [2.45, 2.75) is 50.6 Å². The van der Waals surface area contributed by atoms with Crippen LogP contribution >= 0.6 is 34.8 Å². The van der Waals surface area contributed by atoms with Crippen molar-refractivity contribution in [2.24, 2.45) is 22.8 Å². The molecule has 0 amide bonds. The average Bonchev–Trinajstić information content (AvgIpc) is 2.88. The van der Waals surface area contributed by atoms with E-state index in [0.717, 1.165) is 23.8 Å². The second-order valence-electron chi connectivity index (χ2n) is 8.41. The lowest BCUT2D eigenvalue weighted by Crippen LogP contribution is -2.71. The molecule has 156 valence electrons. The van der Waals surface area contributed by atoms with Gasteiger partial charge in [-0.15, -0.1) is 0 Å². The number of carbonyl (C=O) groups is 1. The molecule has 5 atom stereocenters. The van der Waals surface area contributed by atoms with Gasteiger partial charge in [-0.1, -0.05) is 66.0 Å². The van der Waals surface area contributed by atoms with Gasteiger partial charge in [-0.25, -0.2) is 0 Å². The maximum absolute atomic E-state index is 12.3. The lowest BCUT2D eigenvalue weighted by molar-refractivity contribution is -0.124. The van der Waals surface area contributed by atoms with Gasteiger partial charge < -0.3 is 16.3 Å². The first kappa shape index (κ1) is 22.6. The highest BCUT2D eigenvalue weighted by Crippen LogP contribution is 2.56. The summed E-state index contributed by atoms with van der Waals surface area (Å²) in [7, 11) is 0. The summed E-state index contributed by atoms with van der Waals surface area (Å²) < 4.78 is 0. The fraction of sp³-hybridized carbons (Fsp3) is 0.435. The second kappa shape index (κ2) is 8.56. The highest BCUT2D eigenvalue weighted by atomic mass is 35.5. The van der Waals surface area contributed by atoms with Crippen molar-refractivity contribution in [1.82, 2.24) is 0 Å². The minimum Gasteiger partial charge on any atom is -0.326 e. The maximum atomic E-state index is 12.3. The van der Waals surface area contributed by atoms with Crippen LogP contribution in [0.15, 0.2) is 53.1 Å². The van der Waals surface area contributed by atoms with Crippen molar-refractivity contribution >= 4 is 41.1 Å². The smallest absolute Gasteiger partial charge is 0.127 e. The van der Waals surface area contributed by atoms with Gasteiger partial charge in [-0.05, 0) is 61.4 Å². The molecular weight excluding hydrogens is 427 g/mol. The Morgan fingerprint density at radius 3 is 2.55 bits per heavy atom. The molecule has 0 radical (unpaired) electrons. The summed E-state index contributed by atoms with van der Waals surface area (Å²) in [4.78, 5) is 12.3. The summed E-state index contributed by atoms with van der Waals surface area (Å²) in [6, 6.07) is 5.13. The number of benzene rings is 1. The Morgan fingerprint density at radius 2 is 1.93 bits per heavy atom. The van der Waals surface area contributed by atoms with E-state index in [1.165, 1.54) is 0 Å². The predicted octanol–water partition coefficient (Wildman–Crippen LogP) is 5.75. The largest absolute Gasteiger partial charge is 0.326 e. The Morgan fingerprint density at radius 1 is 1.21 bits per heavy atom. The van der Waals surface area contributed by atoms with Crippen molar-refractivity contribution in [3.63, 3.8) is 0 Å². The predicted molar refractivity (Wildman–Crippen MR) is 122 cm³/mol. The zero-order valence-corrected chi connectivity index (χ0v) is 18.9.